The summed E-state index contributed by atoms with van der Waals surface area (Å²) < 4.78 is 40.4. The number of benzene rings is 1. The zero-order valence-electron chi connectivity index (χ0n) is 15.1. The van der Waals surface area contributed by atoms with Crippen LogP contribution in [0.1, 0.15) is 24.8 Å². The Morgan fingerprint density at radius 1 is 1.26 bits per heavy atom. The van der Waals surface area contributed by atoms with E-state index in [1.165, 1.54) is 0 Å². The maximum Gasteiger partial charge on any atom is 0.231 e. The van der Waals surface area contributed by atoms with Crippen molar-refractivity contribution in [1.82, 2.24) is 10.2 Å². The van der Waals surface area contributed by atoms with Crippen molar-refractivity contribution in [2.24, 2.45) is 0 Å². The molecule has 1 N–H and O–H groups in total. The molecule has 0 saturated carbocycles. The number of nitrogens with zero attached hydrogens (tertiary/aromatic N) is 1. The van der Waals surface area contributed by atoms with E-state index in [0.29, 0.717) is 24.6 Å². The van der Waals surface area contributed by atoms with Crippen LogP contribution in [0.5, 0.6) is 11.5 Å². The van der Waals surface area contributed by atoms with Gasteiger partial charge in [0.2, 0.25) is 6.79 Å². The summed E-state index contributed by atoms with van der Waals surface area (Å²) >= 11 is 5.63. The summed E-state index contributed by atoms with van der Waals surface area (Å²) in [6.45, 7) is 2.18. The number of hydrogen-bond donors (Lipinski definition) is 1. The molecule has 0 unspecified atom stereocenters. The first-order valence-electron chi connectivity index (χ1n) is 9.25. The minimum Gasteiger partial charge on any atom is -0.454 e. The fourth-order valence-electron chi connectivity index (χ4n) is 3.76. The molecule has 148 valence electrons. The number of rotatable bonds is 5. The summed E-state index contributed by atoms with van der Waals surface area (Å²) in [5.74, 6) is 1.87. The van der Waals surface area contributed by atoms with Gasteiger partial charge in [-0.2, -0.15) is 0 Å². The maximum atomic E-state index is 11.9. The van der Waals surface area contributed by atoms with Crippen LogP contribution in [0.15, 0.2) is 18.2 Å². The van der Waals surface area contributed by atoms with E-state index >= 15 is 0 Å². The highest BCUT2D eigenvalue weighted by Crippen LogP contribution is 2.32. The van der Waals surface area contributed by atoms with Crippen molar-refractivity contribution in [3.8, 4) is 11.5 Å². The second kappa shape index (κ2) is 7.81. The minimum absolute atomic E-state index is 0.0871. The number of ether oxygens (including phenoxy) is 3. The van der Waals surface area contributed by atoms with Crippen molar-refractivity contribution in [2.75, 3.05) is 31.5 Å². The maximum absolute atomic E-state index is 11.9. The van der Waals surface area contributed by atoms with Gasteiger partial charge in [0, 0.05) is 25.7 Å². The van der Waals surface area contributed by atoms with Gasteiger partial charge in [0.15, 0.2) is 26.4 Å². The lowest BCUT2D eigenvalue weighted by Crippen LogP contribution is -2.49. The van der Waals surface area contributed by atoms with Crippen LogP contribution in [0.4, 0.5) is 0 Å². The second-order valence-electron chi connectivity index (χ2n) is 7.19. The summed E-state index contributed by atoms with van der Waals surface area (Å²) in [4.78, 5) is 2.02. The third-order valence-electron chi connectivity index (χ3n) is 5.22. The molecule has 3 aliphatic heterocycles. The summed E-state index contributed by atoms with van der Waals surface area (Å²) in [6.07, 6.45) is 2.75. The lowest BCUT2D eigenvalue weighted by molar-refractivity contribution is 0.0841. The van der Waals surface area contributed by atoms with Gasteiger partial charge >= 0.3 is 0 Å². The lowest BCUT2D eigenvalue weighted by atomic mass is 10.1. The van der Waals surface area contributed by atoms with Crippen LogP contribution in [0, 0.1) is 0 Å². The van der Waals surface area contributed by atoms with Crippen molar-refractivity contribution in [1.29, 1.82) is 0 Å². The smallest absolute Gasteiger partial charge is 0.231 e. The van der Waals surface area contributed by atoms with E-state index in [2.05, 4.69) is 5.32 Å². The van der Waals surface area contributed by atoms with E-state index in [-0.39, 0.29) is 30.4 Å². The van der Waals surface area contributed by atoms with Gasteiger partial charge in [-0.15, -0.1) is 0 Å². The Bertz CT molecular complexity index is 808. The number of nitrogens with one attached hydrogen (secondary N) is 1. The normalized spacial score (nSPS) is 25.5. The van der Waals surface area contributed by atoms with Crippen LogP contribution in [-0.4, -0.2) is 62.0 Å². The molecule has 3 heterocycles. The molecule has 2 fully saturated rings. The van der Waals surface area contributed by atoms with Gasteiger partial charge in [-0.1, -0.05) is 6.07 Å². The molecule has 3 aliphatic rings. The Labute approximate surface area is 164 Å². The van der Waals surface area contributed by atoms with Crippen LogP contribution in [0.2, 0.25) is 0 Å². The molecule has 9 heteroatoms. The summed E-state index contributed by atoms with van der Waals surface area (Å²) in [7, 11) is -2.98. The van der Waals surface area contributed by atoms with Crippen molar-refractivity contribution in [3.63, 3.8) is 0 Å². The van der Waals surface area contributed by atoms with Crippen LogP contribution in [0.3, 0.4) is 0 Å². The van der Waals surface area contributed by atoms with E-state index in [4.69, 9.17) is 26.4 Å². The number of hydrogen-bond acceptors (Lipinski definition) is 6. The fraction of sp³-hybridized carbons (Fsp3) is 0.611. The van der Waals surface area contributed by atoms with Crippen LogP contribution in [0.25, 0.3) is 0 Å². The fourth-order valence-corrected chi connectivity index (χ4v) is 5.78. The van der Waals surface area contributed by atoms with Gasteiger partial charge < -0.3 is 24.4 Å². The average Bonchev–Trinajstić information content (AvgIpc) is 3.38. The molecular formula is C18H24N2O5S2. The van der Waals surface area contributed by atoms with E-state index in [0.717, 1.165) is 36.5 Å². The summed E-state index contributed by atoms with van der Waals surface area (Å²) in [5, 5.41) is 3.85. The Morgan fingerprint density at radius 3 is 2.85 bits per heavy atom. The highest BCUT2D eigenvalue weighted by Gasteiger charge is 2.35. The molecule has 4 rings (SSSR count). The molecule has 2 saturated heterocycles. The molecule has 0 aliphatic carbocycles. The molecular weight excluding hydrogens is 388 g/mol. The predicted octanol–water partition coefficient (Wildman–Crippen LogP) is 1.46. The Hall–Kier alpha value is -1.58. The molecule has 1 aromatic carbocycles. The molecule has 1 aromatic rings. The lowest BCUT2D eigenvalue weighted by Gasteiger charge is -2.33. The molecule has 7 nitrogen and oxygen atoms in total. The molecule has 0 aromatic heterocycles. The molecule has 0 amide bonds. The summed E-state index contributed by atoms with van der Waals surface area (Å²) in [6, 6.07) is 5.70. The van der Waals surface area contributed by atoms with E-state index in [9.17, 15) is 8.42 Å². The Balaban J connectivity index is 1.41. The van der Waals surface area contributed by atoms with E-state index < -0.39 is 9.84 Å². The van der Waals surface area contributed by atoms with Gasteiger partial charge in [-0.25, -0.2) is 8.42 Å². The quantitative estimate of drug-likeness (QED) is 0.729. The largest absolute Gasteiger partial charge is 0.454 e. The Kier molecular flexibility index (Phi) is 5.43. The minimum atomic E-state index is -2.98. The van der Waals surface area contributed by atoms with Crippen molar-refractivity contribution < 1.29 is 22.6 Å². The van der Waals surface area contributed by atoms with Gasteiger partial charge in [0.25, 0.3) is 0 Å². The zero-order valence-corrected chi connectivity index (χ0v) is 16.7. The first-order valence-corrected chi connectivity index (χ1v) is 11.5. The van der Waals surface area contributed by atoms with E-state index in [1.807, 2.05) is 23.1 Å². The van der Waals surface area contributed by atoms with Crippen molar-refractivity contribution in [2.45, 2.75) is 38.0 Å². The van der Waals surface area contributed by atoms with Crippen LogP contribution >= 0.6 is 12.2 Å². The van der Waals surface area contributed by atoms with Crippen LogP contribution in [-0.2, 0) is 21.1 Å². The van der Waals surface area contributed by atoms with E-state index in [1.54, 1.807) is 0 Å². The van der Waals surface area contributed by atoms with Crippen molar-refractivity contribution >= 4 is 27.2 Å². The monoisotopic (exact) mass is 412 g/mol. The van der Waals surface area contributed by atoms with Crippen LogP contribution < -0.4 is 14.8 Å². The highest BCUT2D eigenvalue weighted by molar-refractivity contribution is 7.91. The van der Waals surface area contributed by atoms with Crippen molar-refractivity contribution in [3.05, 3.63) is 23.8 Å². The molecule has 0 bridgehead atoms. The molecule has 2 atom stereocenters. The molecule has 0 radical (unpaired) electrons. The number of fused-ring (bicyclic) bond motifs is 1. The predicted molar refractivity (Wildman–Crippen MR) is 105 cm³/mol. The Morgan fingerprint density at radius 2 is 2.11 bits per heavy atom. The highest BCUT2D eigenvalue weighted by atomic mass is 32.2. The third kappa shape index (κ3) is 4.47. The second-order valence-corrected chi connectivity index (χ2v) is 9.81. The number of thiocarbonyl (C=S) groups is 1. The van der Waals surface area contributed by atoms with Gasteiger partial charge in [0.05, 0.1) is 17.6 Å². The standard InChI is InChI=1S/C18H24N2O5S2/c21-27(22)7-5-14(11-27)20(10-15-2-1-6-23-15)18(26)19-9-13-3-4-16-17(8-13)25-12-24-16/h3-4,8,14-15H,1-2,5-7,9-12H2,(H,19,26)/t14-,15-/m1/s1. The zero-order chi connectivity index (χ0) is 18.9. The summed E-state index contributed by atoms with van der Waals surface area (Å²) in [5.41, 5.74) is 1.03. The number of sulfone groups is 1. The van der Waals surface area contributed by atoms with Gasteiger partial charge in [-0.3, -0.25) is 0 Å². The SMILES string of the molecule is O=S1(=O)CC[C@@H](N(C[C@H]2CCCO2)C(=S)NCc2ccc3c(c2)OCO3)C1. The molecule has 0 spiro atoms. The topological polar surface area (TPSA) is 77.1 Å². The van der Waals surface area contributed by atoms with Gasteiger partial charge in [-0.05, 0) is 49.2 Å². The van der Waals surface area contributed by atoms with Gasteiger partial charge in [0.1, 0.15) is 0 Å². The first-order chi connectivity index (χ1) is 13.0. The third-order valence-corrected chi connectivity index (χ3v) is 7.34. The average molecular weight is 413 g/mol. The molecule has 27 heavy (non-hydrogen) atoms. The first kappa shape index (κ1) is 18.8.